The van der Waals surface area contributed by atoms with Crippen molar-refractivity contribution in [2.24, 2.45) is 5.92 Å². The third-order valence-corrected chi connectivity index (χ3v) is 11.9. The quantitative estimate of drug-likeness (QED) is 0.390. The molecule has 2 atom stereocenters. The van der Waals surface area contributed by atoms with Crippen molar-refractivity contribution < 1.29 is 58.2 Å². The Morgan fingerprint density at radius 2 is 1.45 bits per heavy atom. The SMILES string of the molecule is O=C(O)[C@H]1CC[C@](F)(C(=O)N2CC[C@@]3(S(=O)(=O)c4ccccc4)c4ccc(C(F)(C(F)(F)F)C(F)(F)F)cc4CC[C@@H]23)CC1. The molecule has 44 heavy (non-hydrogen) atoms. The van der Waals surface area contributed by atoms with Crippen molar-refractivity contribution in [3.63, 3.8) is 0 Å². The molecule has 0 aromatic heterocycles. The molecule has 3 aliphatic rings. The minimum atomic E-state index is -6.38. The molecule has 1 amide bonds. The van der Waals surface area contributed by atoms with Crippen LogP contribution in [0.2, 0.25) is 0 Å². The number of rotatable bonds is 5. The summed E-state index contributed by atoms with van der Waals surface area (Å²) >= 11 is 0. The number of nitrogens with zero attached hydrogens (tertiary/aromatic N) is 1. The molecule has 1 saturated heterocycles. The van der Waals surface area contributed by atoms with Gasteiger partial charge in [-0.05, 0) is 68.2 Å². The molecule has 0 bridgehead atoms. The van der Waals surface area contributed by atoms with E-state index in [2.05, 4.69) is 0 Å². The van der Waals surface area contributed by atoms with Crippen LogP contribution in [0.1, 0.15) is 55.2 Å². The molecule has 5 rings (SSSR count). The molecule has 2 aliphatic carbocycles. The predicted octanol–water partition coefficient (Wildman–Crippen LogP) is 6.18. The van der Waals surface area contributed by atoms with E-state index in [0.717, 1.165) is 11.0 Å². The summed E-state index contributed by atoms with van der Waals surface area (Å²) in [6.45, 7) is -0.303. The molecule has 0 spiro atoms. The van der Waals surface area contributed by atoms with Crippen LogP contribution in [0.4, 0.5) is 35.1 Å². The first-order valence-corrected chi connectivity index (χ1v) is 15.3. The van der Waals surface area contributed by atoms with Gasteiger partial charge in [0.15, 0.2) is 15.5 Å². The van der Waals surface area contributed by atoms with E-state index in [1.165, 1.54) is 30.3 Å². The molecule has 1 heterocycles. The van der Waals surface area contributed by atoms with Gasteiger partial charge in [0.2, 0.25) is 0 Å². The molecular formula is C29H27F8NO5S. The van der Waals surface area contributed by atoms with E-state index >= 15 is 4.39 Å². The summed E-state index contributed by atoms with van der Waals surface area (Å²) < 4.78 is 139. The Morgan fingerprint density at radius 3 is 2.00 bits per heavy atom. The lowest BCUT2D eigenvalue weighted by atomic mass is 9.76. The number of hydrogen-bond acceptors (Lipinski definition) is 4. The van der Waals surface area contributed by atoms with Gasteiger partial charge in [-0.2, -0.15) is 26.3 Å². The van der Waals surface area contributed by atoms with Gasteiger partial charge in [-0.3, -0.25) is 9.59 Å². The van der Waals surface area contributed by atoms with Gasteiger partial charge in [0.25, 0.3) is 5.91 Å². The topological polar surface area (TPSA) is 91.8 Å². The minimum Gasteiger partial charge on any atom is -0.481 e. The Bertz CT molecular complexity index is 1550. The summed E-state index contributed by atoms with van der Waals surface area (Å²) in [7, 11) is -4.55. The van der Waals surface area contributed by atoms with Gasteiger partial charge < -0.3 is 10.0 Å². The van der Waals surface area contributed by atoms with Crippen molar-refractivity contribution in [2.45, 2.75) is 84.3 Å². The summed E-state index contributed by atoms with van der Waals surface area (Å²) in [6.07, 6.45) is -14.8. The molecular weight excluding hydrogens is 626 g/mol. The number of carboxylic acids is 1. The van der Waals surface area contributed by atoms with Crippen molar-refractivity contribution in [3.05, 3.63) is 65.2 Å². The Balaban J connectivity index is 1.63. The molecule has 1 N–H and O–H groups in total. The van der Waals surface area contributed by atoms with Crippen molar-refractivity contribution in [1.82, 2.24) is 4.90 Å². The number of aliphatic carboxylic acids is 1. The van der Waals surface area contributed by atoms with Gasteiger partial charge in [0.1, 0.15) is 4.75 Å². The van der Waals surface area contributed by atoms with E-state index in [9.17, 15) is 53.8 Å². The molecule has 2 fully saturated rings. The highest BCUT2D eigenvalue weighted by Crippen LogP contribution is 2.57. The van der Waals surface area contributed by atoms with Crippen LogP contribution in [0.25, 0.3) is 0 Å². The van der Waals surface area contributed by atoms with Gasteiger partial charge in [-0.25, -0.2) is 17.2 Å². The summed E-state index contributed by atoms with van der Waals surface area (Å²) in [5.74, 6) is -3.03. The van der Waals surface area contributed by atoms with Crippen LogP contribution in [0.5, 0.6) is 0 Å². The second kappa shape index (κ2) is 10.4. The molecule has 2 aromatic carbocycles. The first kappa shape index (κ1) is 32.2. The largest absolute Gasteiger partial charge is 0.481 e. The second-order valence-electron chi connectivity index (χ2n) is 11.6. The van der Waals surface area contributed by atoms with Crippen LogP contribution in [0, 0.1) is 5.92 Å². The molecule has 1 aliphatic heterocycles. The minimum absolute atomic E-state index is 0.126. The van der Waals surface area contributed by atoms with Crippen LogP contribution in [-0.2, 0) is 36.3 Å². The number of carbonyl (C=O) groups excluding carboxylic acids is 1. The molecule has 15 heteroatoms. The smallest absolute Gasteiger partial charge is 0.435 e. The maximum Gasteiger partial charge on any atom is 0.435 e. The number of alkyl halides is 8. The predicted molar refractivity (Wildman–Crippen MR) is 139 cm³/mol. The molecule has 2 aromatic rings. The van der Waals surface area contributed by atoms with E-state index < -0.39 is 80.5 Å². The number of benzene rings is 2. The Labute approximate surface area is 247 Å². The third kappa shape index (κ3) is 4.59. The van der Waals surface area contributed by atoms with Crippen LogP contribution in [0.15, 0.2) is 53.4 Å². The van der Waals surface area contributed by atoms with Gasteiger partial charge >= 0.3 is 24.0 Å². The van der Waals surface area contributed by atoms with Gasteiger partial charge in [-0.15, -0.1) is 0 Å². The number of carboxylic acid groups (broad SMARTS) is 1. The average molecular weight is 654 g/mol. The fourth-order valence-corrected chi connectivity index (χ4v) is 9.46. The van der Waals surface area contributed by atoms with Crippen molar-refractivity contribution in [3.8, 4) is 0 Å². The van der Waals surface area contributed by atoms with Crippen LogP contribution >= 0.6 is 0 Å². The highest BCUT2D eigenvalue weighted by Gasteiger charge is 2.74. The fraction of sp³-hybridized carbons (Fsp3) is 0.517. The lowest BCUT2D eigenvalue weighted by molar-refractivity contribution is -0.348. The summed E-state index contributed by atoms with van der Waals surface area (Å²) in [5, 5.41) is 9.26. The number of aryl methyl sites for hydroxylation is 1. The standard InChI is InChI=1S/C29H27F8NO5S/c30-25(12-10-17(11-13-25)23(39)40)24(41)38-15-14-26(44(42,43)20-4-2-1-3-5-20)21-8-7-19(16-18(21)6-9-22(26)38)27(31,28(32,33)34)29(35,36)37/h1-5,7-8,16-17,22H,6,9-15H2,(H,39,40)/t17-,22-,25+,26-/m1/s1. The van der Waals surface area contributed by atoms with Crippen molar-refractivity contribution in [1.29, 1.82) is 0 Å². The first-order valence-electron chi connectivity index (χ1n) is 13.8. The van der Waals surface area contributed by atoms with Crippen LogP contribution in [0.3, 0.4) is 0 Å². The van der Waals surface area contributed by atoms with Crippen molar-refractivity contribution >= 4 is 21.7 Å². The molecule has 6 nitrogen and oxygen atoms in total. The number of halogens is 8. The lowest BCUT2D eigenvalue weighted by Gasteiger charge is -2.44. The number of hydrogen-bond donors (Lipinski definition) is 1. The maximum absolute atomic E-state index is 16.1. The lowest BCUT2D eigenvalue weighted by Crippen LogP contribution is -2.56. The summed E-state index contributed by atoms with van der Waals surface area (Å²) in [4.78, 5) is 25.9. The van der Waals surface area contributed by atoms with Gasteiger partial charge in [0, 0.05) is 12.1 Å². The molecule has 0 unspecified atom stereocenters. The first-order chi connectivity index (χ1) is 20.3. The zero-order valence-electron chi connectivity index (χ0n) is 22.9. The number of likely N-dealkylation sites (tertiary alicyclic amines) is 1. The van der Waals surface area contributed by atoms with Gasteiger partial charge in [0.05, 0.1) is 16.9 Å². The van der Waals surface area contributed by atoms with Gasteiger partial charge in [-0.1, -0.05) is 36.4 Å². The fourth-order valence-electron chi connectivity index (χ4n) is 7.08. The van der Waals surface area contributed by atoms with Crippen LogP contribution < -0.4 is 0 Å². The van der Waals surface area contributed by atoms with E-state index in [4.69, 9.17) is 0 Å². The Morgan fingerprint density at radius 1 is 0.864 bits per heavy atom. The Hall–Kier alpha value is -3.23. The highest BCUT2D eigenvalue weighted by molar-refractivity contribution is 7.92. The van der Waals surface area contributed by atoms with E-state index in [1.807, 2.05) is 0 Å². The Kier molecular flexibility index (Phi) is 7.61. The monoisotopic (exact) mass is 653 g/mol. The van der Waals surface area contributed by atoms with E-state index in [1.54, 1.807) is 0 Å². The normalized spacial score (nSPS) is 27.9. The maximum atomic E-state index is 16.1. The molecule has 240 valence electrons. The number of fused-ring (bicyclic) bond motifs is 3. The average Bonchev–Trinajstić information content (AvgIpc) is 3.37. The van der Waals surface area contributed by atoms with Crippen molar-refractivity contribution in [2.75, 3.05) is 6.54 Å². The summed E-state index contributed by atoms with van der Waals surface area (Å²) in [5.41, 5.74) is -10.4. The zero-order valence-corrected chi connectivity index (χ0v) is 23.7. The second-order valence-corrected chi connectivity index (χ2v) is 13.8. The number of amides is 1. The molecule has 1 saturated carbocycles. The zero-order chi connectivity index (χ0) is 32.5. The number of sulfone groups is 1. The van der Waals surface area contributed by atoms with E-state index in [0.29, 0.717) is 6.07 Å². The van der Waals surface area contributed by atoms with E-state index in [-0.39, 0.29) is 60.7 Å². The third-order valence-electron chi connectivity index (χ3n) is 9.37. The van der Waals surface area contributed by atoms with Crippen LogP contribution in [-0.4, -0.2) is 60.9 Å². The highest BCUT2D eigenvalue weighted by atomic mass is 32.2. The number of carbonyl (C=O) groups is 2. The summed E-state index contributed by atoms with van der Waals surface area (Å²) in [6, 6.07) is 6.95. The molecule has 0 radical (unpaired) electrons.